The van der Waals surface area contributed by atoms with Crippen LogP contribution in [0.2, 0.25) is 5.02 Å². The van der Waals surface area contributed by atoms with E-state index >= 15 is 0 Å². The summed E-state index contributed by atoms with van der Waals surface area (Å²) in [5.41, 5.74) is 0.726. The van der Waals surface area contributed by atoms with Crippen molar-refractivity contribution < 1.29 is 14.6 Å². The Morgan fingerprint density at radius 3 is 2.40 bits per heavy atom. The van der Waals surface area contributed by atoms with Crippen LogP contribution in [0.5, 0.6) is 11.5 Å². The monoisotopic (exact) mass is 298 g/mol. The van der Waals surface area contributed by atoms with Crippen LogP contribution in [0.4, 0.5) is 0 Å². The molecule has 20 heavy (non-hydrogen) atoms. The fourth-order valence-electron chi connectivity index (χ4n) is 3.11. The smallest absolute Gasteiger partial charge is 0.180 e. The molecular formula is C16H23ClO3. The van der Waals surface area contributed by atoms with Crippen LogP contribution in [-0.4, -0.2) is 18.3 Å². The summed E-state index contributed by atoms with van der Waals surface area (Å²) in [5.74, 6) is 2.53. The molecule has 2 unspecified atom stereocenters. The van der Waals surface area contributed by atoms with Gasteiger partial charge in [0, 0.05) is 0 Å². The van der Waals surface area contributed by atoms with Gasteiger partial charge in [0.05, 0.1) is 24.8 Å². The highest BCUT2D eigenvalue weighted by Gasteiger charge is 2.27. The average Bonchev–Trinajstić information content (AvgIpc) is 2.39. The lowest BCUT2D eigenvalue weighted by Gasteiger charge is -2.32. The molecule has 0 radical (unpaired) electrons. The van der Waals surface area contributed by atoms with E-state index in [1.54, 1.807) is 19.2 Å². The predicted molar refractivity (Wildman–Crippen MR) is 80.5 cm³/mol. The molecule has 0 heterocycles. The Morgan fingerprint density at radius 1 is 1.20 bits per heavy atom. The van der Waals surface area contributed by atoms with Crippen molar-refractivity contribution in [3.05, 3.63) is 22.7 Å². The van der Waals surface area contributed by atoms with Gasteiger partial charge < -0.3 is 14.6 Å². The SMILES string of the molecule is COc1cc(CO)cc(Cl)c1OC1CC(C)CC(C)C1. The molecule has 2 atom stereocenters. The zero-order valence-electron chi connectivity index (χ0n) is 12.4. The lowest BCUT2D eigenvalue weighted by Crippen LogP contribution is -2.28. The molecule has 0 amide bonds. The molecule has 1 saturated carbocycles. The Morgan fingerprint density at radius 2 is 1.85 bits per heavy atom. The fourth-order valence-corrected chi connectivity index (χ4v) is 3.39. The second kappa shape index (κ2) is 6.68. The topological polar surface area (TPSA) is 38.7 Å². The number of aliphatic hydroxyl groups excluding tert-OH is 1. The van der Waals surface area contributed by atoms with Crippen molar-refractivity contribution in [2.75, 3.05) is 7.11 Å². The molecule has 1 aromatic carbocycles. The van der Waals surface area contributed by atoms with Gasteiger partial charge in [-0.25, -0.2) is 0 Å². The van der Waals surface area contributed by atoms with E-state index in [-0.39, 0.29) is 12.7 Å². The molecule has 4 heteroatoms. The van der Waals surface area contributed by atoms with Gasteiger partial charge in [-0.1, -0.05) is 25.4 Å². The van der Waals surface area contributed by atoms with Gasteiger partial charge in [-0.05, 0) is 48.8 Å². The van der Waals surface area contributed by atoms with Gasteiger partial charge >= 0.3 is 0 Å². The first kappa shape index (κ1) is 15.5. The highest BCUT2D eigenvalue weighted by atomic mass is 35.5. The van der Waals surface area contributed by atoms with Gasteiger partial charge in [0.1, 0.15) is 0 Å². The first-order chi connectivity index (χ1) is 9.53. The van der Waals surface area contributed by atoms with Crippen LogP contribution in [0.1, 0.15) is 38.7 Å². The van der Waals surface area contributed by atoms with Crippen LogP contribution < -0.4 is 9.47 Å². The Bertz CT molecular complexity index is 451. The minimum Gasteiger partial charge on any atom is -0.493 e. The normalized spacial score (nSPS) is 26.4. The van der Waals surface area contributed by atoms with E-state index in [0.29, 0.717) is 28.4 Å². The van der Waals surface area contributed by atoms with Crippen molar-refractivity contribution >= 4 is 11.6 Å². The Balaban J connectivity index is 2.20. The second-order valence-corrected chi connectivity index (χ2v) is 6.33. The summed E-state index contributed by atoms with van der Waals surface area (Å²) >= 11 is 6.27. The van der Waals surface area contributed by atoms with Gasteiger partial charge in [0.15, 0.2) is 11.5 Å². The van der Waals surface area contributed by atoms with Gasteiger partial charge in [-0.15, -0.1) is 0 Å². The largest absolute Gasteiger partial charge is 0.493 e. The Labute approximate surface area is 125 Å². The summed E-state index contributed by atoms with van der Waals surface area (Å²) in [4.78, 5) is 0. The predicted octanol–water partition coefficient (Wildman–Crippen LogP) is 4.04. The Kier molecular flexibility index (Phi) is 5.17. The number of ether oxygens (including phenoxy) is 2. The van der Waals surface area contributed by atoms with E-state index in [1.807, 2.05) is 0 Å². The number of aliphatic hydroxyl groups is 1. The summed E-state index contributed by atoms with van der Waals surface area (Å²) in [7, 11) is 1.59. The highest BCUT2D eigenvalue weighted by molar-refractivity contribution is 6.32. The first-order valence-electron chi connectivity index (χ1n) is 7.17. The van der Waals surface area contributed by atoms with Crippen LogP contribution in [0.15, 0.2) is 12.1 Å². The van der Waals surface area contributed by atoms with Gasteiger partial charge in [0.25, 0.3) is 0 Å². The van der Waals surface area contributed by atoms with Crippen molar-refractivity contribution in [1.29, 1.82) is 0 Å². The maximum absolute atomic E-state index is 9.21. The molecule has 2 rings (SSSR count). The van der Waals surface area contributed by atoms with E-state index < -0.39 is 0 Å². The number of rotatable bonds is 4. The third-order valence-corrected chi connectivity index (χ3v) is 4.17. The quantitative estimate of drug-likeness (QED) is 0.911. The molecule has 1 N–H and O–H groups in total. The molecule has 0 bridgehead atoms. The van der Waals surface area contributed by atoms with E-state index in [9.17, 15) is 5.11 Å². The maximum atomic E-state index is 9.21. The van der Waals surface area contributed by atoms with Crippen LogP contribution in [0.25, 0.3) is 0 Å². The van der Waals surface area contributed by atoms with Crippen molar-refractivity contribution in [3.8, 4) is 11.5 Å². The molecule has 1 aliphatic rings. The van der Waals surface area contributed by atoms with Crippen LogP contribution in [0, 0.1) is 11.8 Å². The number of benzene rings is 1. The van der Waals surface area contributed by atoms with E-state index in [0.717, 1.165) is 18.4 Å². The highest BCUT2D eigenvalue weighted by Crippen LogP contribution is 2.40. The summed E-state index contributed by atoms with van der Waals surface area (Å²) in [6, 6.07) is 3.51. The van der Waals surface area contributed by atoms with E-state index in [1.165, 1.54) is 6.42 Å². The van der Waals surface area contributed by atoms with Crippen molar-refractivity contribution in [2.45, 2.75) is 45.8 Å². The molecule has 1 aromatic rings. The lowest BCUT2D eigenvalue weighted by molar-refractivity contribution is 0.0980. The maximum Gasteiger partial charge on any atom is 0.180 e. The van der Waals surface area contributed by atoms with Crippen molar-refractivity contribution in [3.63, 3.8) is 0 Å². The molecule has 112 valence electrons. The third-order valence-electron chi connectivity index (χ3n) is 3.89. The molecule has 1 aliphatic carbocycles. The van der Waals surface area contributed by atoms with E-state index in [4.69, 9.17) is 21.1 Å². The first-order valence-corrected chi connectivity index (χ1v) is 7.55. The number of hydrogen-bond acceptors (Lipinski definition) is 3. The van der Waals surface area contributed by atoms with Gasteiger partial charge in [-0.2, -0.15) is 0 Å². The summed E-state index contributed by atoms with van der Waals surface area (Å²) < 4.78 is 11.5. The second-order valence-electron chi connectivity index (χ2n) is 5.92. The summed E-state index contributed by atoms with van der Waals surface area (Å²) in [5, 5.41) is 9.71. The summed E-state index contributed by atoms with van der Waals surface area (Å²) in [6.07, 6.45) is 3.53. The minimum absolute atomic E-state index is 0.0617. The fraction of sp³-hybridized carbons (Fsp3) is 0.625. The Hall–Kier alpha value is -0.930. The minimum atomic E-state index is -0.0617. The third kappa shape index (κ3) is 3.58. The van der Waals surface area contributed by atoms with Crippen LogP contribution in [-0.2, 0) is 6.61 Å². The lowest BCUT2D eigenvalue weighted by atomic mass is 9.82. The van der Waals surface area contributed by atoms with Gasteiger partial charge in [-0.3, -0.25) is 0 Å². The van der Waals surface area contributed by atoms with Crippen LogP contribution in [0.3, 0.4) is 0 Å². The molecule has 0 saturated heterocycles. The standard InChI is InChI=1S/C16H23ClO3/c1-10-4-11(2)6-13(5-10)20-16-14(17)7-12(9-18)8-15(16)19-3/h7-8,10-11,13,18H,4-6,9H2,1-3H3. The zero-order valence-corrected chi connectivity index (χ0v) is 13.1. The zero-order chi connectivity index (χ0) is 14.7. The molecule has 0 aromatic heterocycles. The number of halogens is 1. The molecule has 1 fully saturated rings. The van der Waals surface area contributed by atoms with Crippen molar-refractivity contribution in [1.82, 2.24) is 0 Å². The van der Waals surface area contributed by atoms with Gasteiger partial charge in [0.2, 0.25) is 0 Å². The number of hydrogen-bond donors (Lipinski definition) is 1. The molecule has 0 aliphatic heterocycles. The van der Waals surface area contributed by atoms with Crippen molar-refractivity contribution in [2.24, 2.45) is 11.8 Å². The number of methoxy groups -OCH3 is 1. The average molecular weight is 299 g/mol. The molecule has 3 nitrogen and oxygen atoms in total. The van der Waals surface area contributed by atoms with Crippen LogP contribution >= 0.6 is 11.6 Å². The molecule has 0 spiro atoms. The van der Waals surface area contributed by atoms with E-state index in [2.05, 4.69) is 13.8 Å². The summed E-state index contributed by atoms with van der Waals surface area (Å²) in [6.45, 7) is 4.47. The molecular weight excluding hydrogens is 276 g/mol.